The molecule has 0 amide bonds. The van der Waals surface area contributed by atoms with E-state index in [-0.39, 0.29) is 11.7 Å². The van der Waals surface area contributed by atoms with Gasteiger partial charge in [0, 0.05) is 13.1 Å². The fraction of sp³-hybridized carbons (Fsp3) is 0.500. The highest BCUT2D eigenvalue weighted by atomic mass is 79.9. The number of pyridine rings is 1. The SMILES string of the molecule is OC(CNCC(O)C(F)(F)F)c1cc(Cl)nc(Br)c1. The van der Waals surface area contributed by atoms with Gasteiger partial charge in [0.1, 0.15) is 9.76 Å². The van der Waals surface area contributed by atoms with Gasteiger partial charge in [-0.2, -0.15) is 13.2 Å². The van der Waals surface area contributed by atoms with Crippen LogP contribution in [0.1, 0.15) is 11.7 Å². The first-order valence-electron chi connectivity index (χ1n) is 5.16. The van der Waals surface area contributed by atoms with Crippen LogP contribution in [0.4, 0.5) is 13.2 Å². The van der Waals surface area contributed by atoms with Gasteiger partial charge in [0.15, 0.2) is 6.10 Å². The Morgan fingerprint density at radius 3 is 2.47 bits per heavy atom. The van der Waals surface area contributed by atoms with E-state index in [9.17, 15) is 18.3 Å². The second-order valence-corrected chi connectivity index (χ2v) is 4.98. The van der Waals surface area contributed by atoms with Crippen LogP contribution in [0.5, 0.6) is 0 Å². The van der Waals surface area contributed by atoms with Gasteiger partial charge in [-0.15, -0.1) is 0 Å². The van der Waals surface area contributed by atoms with Crippen LogP contribution in [-0.2, 0) is 0 Å². The Labute approximate surface area is 120 Å². The quantitative estimate of drug-likeness (QED) is 0.701. The normalized spacial score (nSPS) is 15.3. The number of aromatic nitrogens is 1. The summed E-state index contributed by atoms with van der Waals surface area (Å²) in [7, 11) is 0. The number of rotatable bonds is 5. The molecular weight excluding hydrogens is 352 g/mol. The fourth-order valence-corrected chi connectivity index (χ4v) is 2.04. The van der Waals surface area contributed by atoms with Crippen LogP contribution < -0.4 is 5.32 Å². The van der Waals surface area contributed by atoms with Crippen LogP contribution in [0.2, 0.25) is 5.15 Å². The molecule has 0 spiro atoms. The molecule has 9 heteroatoms. The van der Waals surface area contributed by atoms with E-state index in [4.69, 9.17) is 16.7 Å². The predicted molar refractivity (Wildman–Crippen MR) is 66.8 cm³/mol. The van der Waals surface area contributed by atoms with E-state index >= 15 is 0 Å². The molecular formula is C10H11BrClF3N2O2. The number of nitrogens with zero attached hydrogens (tertiary/aromatic N) is 1. The minimum absolute atomic E-state index is 0.152. The van der Waals surface area contributed by atoms with Crippen molar-refractivity contribution in [2.45, 2.75) is 18.4 Å². The molecule has 1 aromatic rings. The lowest BCUT2D eigenvalue weighted by molar-refractivity contribution is -0.202. The molecule has 0 bridgehead atoms. The summed E-state index contributed by atoms with van der Waals surface area (Å²) in [5.41, 5.74) is 0.404. The van der Waals surface area contributed by atoms with Gasteiger partial charge >= 0.3 is 6.18 Å². The third-order valence-corrected chi connectivity index (χ3v) is 2.82. The van der Waals surface area contributed by atoms with Gasteiger partial charge in [-0.05, 0) is 33.6 Å². The smallest absolute Gasteiger partial charge is 0.387 e. The van der Waals surface area contributed by atoms with Crippen LogP contribution in [0.15, 0.2) is 16.7 Å². The zero-order valence-electron chi connectivity index (χ0n) is 9.46. The molecule has 0 saturated heterocycles. The average molecular weight is 364 g/mol. The molecule has 0 aromatic carbocycles. The highest BCUT2D eigenvalue weighted by Crippen LogP contribution is 2.21. The van der Waals surface area contributed by atoms with E-state index < -0.39 is 24.9 Å². The molecule has 0 radical (unpaired) electrons. The Morgan fingerprint density at radius 1 is 1.32 bits per heavy atom. The molecule has 2 atom stereocenters. The third kappa shape index (κ3) is 5.62. The number of hydrogen-bond donors (Lipinski definition) is 3. The molecule has 2 unspecified atom stereocenters. The van der Waals surface area contributed by atoms with E-state index in [1.54, 1.807) is 0 Å². The van der Waals surface area contributed by atoms with E-state index in [1.165, 1.54) is 12.1 Å². The summed E-state index contributed by atoms with van der Waals surface area (Å²) >= 11 is 8.76. The van der Waals surface area contributed by atoms with Crippen LogP contribution >= 0.6 is 27.5 Å². The molecule has 0 saturated carbocycles. The van der Waals surface area contributed by atoms with Gasteiger partial charge in [0.25, 0.3) is 0 Å². The predicted octanol–water partition coefficient (Wildman–Crippen LogP) is 2.04. The molecule has 0 fully saturated rings. The van der Waals surface area contributed by atoms with Crippen molar-refractivity contribution in [3.8, 4) is 0 Å². The molecule has 3 N–H and O–H groups in total. The first-order chi connectivity index (χ1) is 8.70. The molecule has 1 rings (SSSR count). The minimum atomic E-state index is -4.68. The summed E-state index contributed by atoms with van der Waals surface area (Å²) < 4.78 is 36.5. The van der Waals surface area contributed by atoms with Crippen LogP contribution in [-0.4, -0.2) is 40.6 Å². The van der Waals surface area contributed by atoms with Crippen molar-refractivity contribution >= 4 is 27.5 Å². The Morgan fingerprint density at radius 2 is 1.95 bits per heavy atom. The first-order valence-corrected chi connectivity index (χ1v) is 6.34. The lowest BCUT2D eigenvalue weighted by atomic mass is 10.1. The lowest BCUT2D eigenvalue weighted by Gasteiger charge is -2.17. The van der Waals surface area contributed by atoms with Crippen molar-refractivity contribution in [3.05, 3.63) is 27.5 Å². The Hall–Kier alpha value is -0.410. The Bertz CT molecular complexity index is 413. The lowest BCUT2D eigenvalue weighted by Crippen LogP contribution is -2.39. The highest BCUT2D eigenvalue weighted by molar-refractivity contribution is 9.10. The number of halogens is 5. The van der Waals surface area contributed by atoms with Crippen molar-refractivity contribution in [2.24, 2.45) is 0 Å². The molecule has 0 aliphatic carbocycles. The number of hydrogen-bond acceptors (Lipinski definition) is 4. The molecule has 0 aliphatic rings. The summed E-state index contributed by atoms with van der Waals surface area (Å²) in [5, 5.41) is 21.0. The fourth-order valence-electron chi connectivity index (χ4n) is 1.27. The zero-order valence-corrected chi connectivity index (χ0v) is 11.8. The van der Waals surface area contributed by atoms with Gasteiger partial charge in [-0.3, -0.25) is 0 Å². The molecule has 1 aromatic heterocycles. The van der Waals surface area contributed by atoms with Crippen LogP contribution in [0.25, 0.3) is 0 Å². The van der Waals surface area contributed by atoms with Crippen LogP contribution in [0.3, 0.4) is 0 Å². The summed E-state index contributed by atoms with van der Waals surface area (Å²) in [6.07, 6.45) is -8.20. The maximum atomic E-state index is 12.0. The monoisotopic (exact) mass is 362 g/mol. The molecule has 1 heterocycles. The first kappa shape index (κ1) is 16.6. The summed E-state index contributed by atoms with van der Waals surface area (Å²) in [6.45, 7) is -0.847. The largest absolute Gasteiger partial charge is 0.415 e. The van der Waals surface area contributed by atoms with Crippen LogP contribution in [0, 0.1) is 0 Å². The topological polar surface area (TPSA) is 65.4 Å². The molecule has 108 valence electrons. The van der Waals surface area contributed by atoms with Crippen molar-refractivity contribution in [1.82, 2.24) is 10.3 Å². The van der Waals surface area contributed by atoms with E-state index in [2.05, 4.69) is 26.2 Å². The number of alkyl halides is 3. The molecule has 4 nitrogen and oxygen atoms in total. The van der Waals surface area contributed by atoms with Gasteiger partial charge in [0.2, 0.25) is 0 Å². The van der Waals surface area contributed by atoms with E-state index in [1.807, 2.05) is 0 Å². The van der Waals surface area contributed by atoms with Crippen molar-refractivity contribution in [2.75, 3.05) is 13.1 Å². The summed E-state index contributed by atoms with van der Waals surface area (Å²) in [5.74, 6) is 0. The summed E-state index contributed by atoms with van der Waals surface area (Å²) in [4.78, 5) is 3.82. The van der Waals surface area contributed by atoms with E-state index in [0.717, 1.165) is 0 Å². The van der Waals surface area contributed by atoms with E-state index in [0.29, 0.717) is 10.2 Å². The average Bonchev–Trinajstić information content (AvgIpc) is 2.26. The zero-order chi connectivity index (χ0) is 14.6. The third-order valence-electron chi connectivity index (χ3n) is 2.22. The number of nitrogens with one attached hydrogen (secondary N) is 1. The second-order valence-electron chi connectivity index (χ2n) is 3.78. The van der Waals surface area contributed by atoms with Crippen molar-refractivity contribution in [3.63, 3.8) is 0 Å². The highest BCUT2D eigenvalue weighted by Gasteiger charge is 2.37. The van der Waals surface area contributed by atoms with Gasteiger partial charge < -0.3 is 15.5 Å². The maximum absolute atomic E-state index is 12.0. The minimum Gasteiger partial charge on any atom is -0.387 e. The Balaban J connectivity index is 2.49. The van der Waals surface area contributed by atoms with Crippen molar-refractivity contribution < 1.29 is 23.4 Å². The van der Waals surface area contributed by atoms with Gasteiger partial charge in [0.05, 0.1) is 6.10 Å². The second kappa shape index (κ2) is 6.85. The number of aliphatic hydroxyl groups is 2. The molecule has 0 aliphatic heterocycles. The number of aliphatic hydroxyl groups excluding tert-OH is 2. The van der Waals surface area contributed by atoms with Gasteiger partial charge in [-0.25, -0.2) is 4.98 Å². The van der Waals surface area contributed by atoms with Crippen molar-refractivity contribution in [1.29, 1.82) is 0 Å². The molecule has 19 heavy (non-hydrogen) atoms. The van der Waals surface area contributed by atoms with Gasteiger partial charge in [-0.1, -0.05) is 11.6 Å². The Kier molecular flexibility index (Phi) is 6.00. The standard InChI is InChI=1S/C10H11BrClF3N2O2/c11-8-1-5(2-9(12)17-8)6(18)3-16-4-7(19)10(13,14)15/h1-2,6-7,16,18-19H,3-4H2. The maximum Gasteiger partial charge on any atom is 0.415 e. The summed E-state index contributed by atoms with van der Waals surface area (Å²) in [6, 6.07) is 2.90.